The van der Waals surface area contributed by atoms with E-state index in [0.717, 1.165) is 95.3 Å². The van der Waals surface area contributed by atoms with E-state index in [9.17, 15) is 36.7 Å². The van der Waals surface area contributed by atoms with E-state index in [0.29, 0.717) is 118 Å². The van der Waals surface area contributed by atoms with Gasteiger partial charge in [-0.3, -0.25) is 19.2 Å². The van der Waals surface area contributed by atoms with Gasteiger partial charge in [-0.15, -0.1) is 4.80 Å². The maximum atomic E-state index is 14.9. The lowest BCUT2D eigenvalue weighted by Gasteiger charge is -2.49. The Labute approximate surface area is 734 Å². The van der Waals surface area contributed by atoms with Crippen molar-refractivity contribution in [2.75, 3.05) is 26.2 Å². The van der Waals surface area contributed by atoms with Crippen molar-refractivity contribution in [1.29, 1.82) is 0 Å². The Morgan fingerprint density at radius 3 is 1.16 bits per heavy atom. The molecule has 4 aromatic carbocycles. The minimum absolute atomic E-state index is 0.0155. The molecule has 4 amide bonds. The molecule has 25 nitrogen and oxygen atoms in total. The van der Waals surface area contributed by atoms with E-state index in [1.807, 2.05) is 40.1 Å². The van der Waals surface area contributed by atoms with Gasteiger partial charge in [-0.2, -0.15) is 10.2 Å². The van der Waals surface area contributed by atoms with E-state index >= 15 is 0 Å². The third-order valence-electron chi connectivity index (χ3n) is 23.7. The summed E-state index contributed by atoms with van der Waals surface area (Å²) in [6.07, 6.45) is 29.5. The van der Waals surface area contributed by atoms with Crippen LogP contribution in [0.2, 0.25) is 5.02 Å². The molecule has 16 heterocycles. The van der Waals surface area contributed by atoms with Gasteiger partial charge in [0.2, 0.25) is 23.5 Å². The van der Waals surface area contributed by atoms with Crippen molar-refractivity contribution in [3.63, 3.8) is 0 Å². The smallest absolute Gasteiger partial charge is 0.257 e. The average molecular weight is 1880 g/mol. The Morgan fingerprint density at radius 1 is 0.350 bits per heavy atom. The number of piperidine rings is 8. The van der Waals surface area contributed by atoms with Crippen LogP contribution >= 0.6 is 59.4 Å². The number of hydrogen-bond donors (Lipinski definition) is 0. The number of para-hydroxylation sites is 1. The number of rotatable bonds is 16. The van der Waals surface area contributed by atoms with Crippen molar-refractivity contribution >= 4 is 83.0 Å². The lowest BCUT2D eigenvalue weighted by molar-refractivity contribution is -0.0315. The lowest BCUT2D eigenvalue weighted by atomic mass is 9.77. The van der Waals surface area contributed by atoms with Crippen LogP contribution in [-0.2, 0) is 0 Å². The summed E-state index contributed by atoms with van der Waals surface area (Å²) in [5.74, 6) is 1.58. The third-order valence-corrected chi connectivity index (χ3v) is 25.4. The van der Waals surface area contributed by atoms with Crippen molar-refractivity contribution in [2.45, 2.75) is 126 Å². The van der Waals surface area contributed by atoms with Crippen LogP contribution in [-0.4, -0.2) is 183 Å². The Morgan fingerprint density at radius 2 is 0.732 bits per heavy atom. The number of pyridine rings is 4. The molecule has 8 aliphatic heterocycles. The highest BCUT2D eigenvalue weighted by Gasteiger charge is 2.50. The van der Waals surface area contributed by atoms with E-state index in [4.69, 9.17) is 30.5 Å². The van der Waals surface area contributed by atoms with Crippen LogP contribution in [0.5, 0.6) is 23.5 Å². The molecule has 12 unspecified atom stereocenters. The fraction of sp³-hybridized carbons (Fsp3) is 0.311. The van der Waals surface area contributed by atoms with Crippen LogP contribution in [0.3, 0.4) is 0 Å². The van der Waals surface area contributed by atoms with Gasteiger partial charge in [-0.1, -0.05) is 29.8 Å². The van der Waals surface area contributed by atoms with E-state index in [-0.39, 0.29) is 94.6 Å². The predicted octanol–water partition coefficient (Wildman–Crippen LogP) is 17.1. The van der Waals surface area contributed by atoms with Gasteiger partial charge in [0.25, 0.3) is 23.6 Å². The number of carbonyl (C=O) groups excluding carboxylic acids is 4. The van der Waals surface area contributed by atoms with Crippen LogP contribution < -0.4 is 18.9 Å². The Kier molecular flexibility index (Phi) is 25.6. The van der Waals surface area contributed by atoms with Gasteiger partial charge >= 0.3 is 0 Å². The topological polar surface area (TPSA) is 278 Å². The fourth-order valence-electron chi connectivity index (χ4n) is 18.2. The van der Waals surface area contributed by atoms with Gasteiger partial charge < -0.3 is 38.5 Å². The molecule has 8 aromatic heterocycles. The zero-order chi connectivity index (χ0) is 84.8. The monoisotopic (exact) mass is 1870 g/mol. The summed E-state index contributed by atoms with van der Waals surface area (Å²) >= 11 is 16.0. The summed E-state index contributed by atoms with van der Waals surface area (Å²) in [5.41, 5.74) is 2.33. The van der Waals surface area contributed by atoms with Crippen molar-refractivity contribution < 1.29 is 55.7 Å². The van der Waals surface area contributed by atoms with E-state index in [1.165, 1.54) is 67.1 Å². The molecule has 33 heteroatoms. The van der Waals surface area contributed by atoms with Crippen molar-refractivity contribution in [2.24, 2.45) is 23.7 Å². The number of nitrogens with zero attached hydrogens (tertiary/aromatic N) is 17. The number of hydrogen-bond acceptors (Lipinski definition) is 20. The number of carbonyl (C=O) groups is 4. The van der Waals surface area contributed by atoms with Gasteiger partial charge in [-0.25, -0.2) is 67.4 Å². The van der Waals surface area contributed by atoms with E-state index in [2.05, 4.69) is 108 Å². The summed E-state index contributed by atoms with van der Waals surface area (Å²) in [4.78, 5) is 105. The van der Waals surface area contributed by atoms with E-state index in [1.54, 1.807) is 126 Å². The molecule has 12 aromatic rings. The number of halogens is 8. The first kappa shape index (κ1) is 83.6. The zero-order valence-electron chi connectivity index (χ0n) is 65.8. The molecule has 4 aliphatic carbocycles. The molecular weight excluding hydrogens is 1800 g/mol. The highest BCUT2D eigenvalue weighted by atomic mass is 79.9. The summed E-state index contributed by atoms with van der Waals surface area (Å²) in [7, 11) is 0. The Balaban J connectivity index is 0.000000116. The maximum absolute atomic E-state index is 14.9. The van der Waals surface area contributed by atoms with Gasteiger partial charge in [0.05, 0.1) is 63.8 Å². The van der Waals surface area contributed by atoms with Crippen LogP contribution in [0.15, 0.2) is 227 Å². The van der Waals surface area contributed by atoms with Gasteiger partial charge in [0.15, 0.2) is 23.3 Å². The number of amides is 4. The molecule has 0 radical (unpaired) electrons. The third kappa shape index (κ3) is 19.0. The number of aromatic nitrogens is 13. The summed E-state index contributed by atoms with van der Waals surface area (Å²) in [6.45, 7) is 2.53. The Bertz CT molecular complexity index is 5720. The number of fused-ring (bicyclic) bond motifs is 12. The molecule has 8 saturated heterocycles. The summed E-state index contributed by atoms with van der Waals surface area (Å²) in [6, 6.07) is 36.6. The molecule has 12 atom stereocenters. The van der Waals surface area contributed by atoms with Gasteiger partial charge in [0, 0.05) is 143 Å². The van der Waals surface area contributed by atoms with Crippen molar-refractivity contribution in [1.82, 2.24) is 84.4 Å². The zero-order valence-corrected chi connectivity index (χ0v) is 71.4. The summed E-state index contributed by atoms with van der Waals surface area (Å²) < 4.78 is 84.9. The van der Waals surface area contributed by atoms with Crippen LogP contribution in [0.4, 0.5) is 17.6 Å². The minimum Gasteiger partial charge on any atom is -0.472 e. The molecule has 0 N–H and O–H groups in total. The molecule has 628 valence electrons. The summed E-state index contributed by atoms with van der Waals surface area (Å²) in [5, 5.41) is 8.56. The normalized spacial score (nSPS) is 22.5. The number of ether oxygens (including phenoxy) is 4. The highest BCUT2D eigenvalue weighted by molar-refractivity contribution is 9.11. The lowest BCUT2D eigenvalue weighted by Crippen LogP contribution is -2.59. The second kappa shape index (κ2) is 37.6. The standard InChI is InChI=1S/3C23H20BrFN4O2.C21H19ClFN5O2/c24-15-3-7-21(28-12-15)31-20-10-14-2-6-19(20)29(13-14)23(30)17-5-4-16(25)11-18(17)22-26-8-1-9-27-22;24-15-3-7-21(28-12-15)31-20-10-14-2-6-19(20)29(13-14)23(30)18-11-16(25)4-5-17(18)22-26-8-1-9-27-22;24-15-6-8-20(28-12-15)31-19-11-14-5-7-18(19)29(13-14)23(30)21-16(3-1-4-17(21)25)22-26-9-2-10-27-22;22-14-5-7-19(24-11-14)30-18-10-13-4-6-17(18)27(12-13)21(29)15-2-1-3-16(23)20(15)28-25-8-9-26-28/h2*1,3-5,7-9,11-12,14,19-20H,2,6,10,13H2;1-4,6,8-10,12,14,18-19H,5,7,11,13H2;1-3,5,7-9,11,13,17-18H,4,6,10,12H2. The second-order valence-corrected chi connectivity index (χ2v) is 34.6. The molecular formula is C90H79Br3ClF4N17O8. The van der Waals surface area contributed by atoms with Crippen molar-refractivity contribution in [3.8, 4) is 63.4 Å². The first-order chi connectivity index (χ1) is 59.9. The van der Waals surface area contributed by atoms with Gasteiger partial charge in [-0.05, 0) is 246 Å². The van der Waals surface area contributed by atoms with Crippen molar-refractivity contribution in [3.05, 3.63) is 278 Å². The van der Waals surface area contributed by atoms with E-state index < -0.39 is 23.3 Å². The molecule has 24 rings (SSSR count). The molecule has 123 heavy (non-hydrogen) atoms. The Hall–Kier alpha value is -11.6. The molecule has 4 saturated carbocycles. The molecule has 8 bridgehead atoms. The predicted molar refractivity (Wildman–Crippen MR) is 455 cm³/mol. The molecule has 0 spiro atoms. The average Bonchev–Trinajstić information content (AvgIpc) is 0.920. The first-order valence-electron chi connectivity index (χ1n) is 40.6. The SMILES string of the molecule is O=C(c1c(F)cccc1-c1ncccn1)N1CC2CCC1C(Oc1ccc(Br)cn1)C2.O=C(c1cc(F)ccc1-c1ncccn1)N1CC2CCC1C(Oc1ccc(Br)cn1)C2.O=C(c1ccc(F)cc1-c1ncccn1)N1CC2CCC1C(Oc1ccc(Br)cn1)C2.O=C(c1cccc(F)c1-n1nccn1)N1CC2CCC1C(Oc1ccc(Cl)cn1)C2. The van der Waals surface area contributed by atoms with Crippen LogP contribution in [0.25, 0.3) is 39.9 Å². The van der Waals surface area contributed by atoms with Crippen LogP contribution in [0.1, 0.15) is 118 Å². The molecule has 12 fully saturated rings. The minimum atomic E-state index is -0.566. The molecule has 12 aliphatic rings. The first-order valence-corrected chi connectivity index (χ1v) is 43.3. The maximum Gasteiger partial charge on any atom is 0.257 e. The fourth-order valence-corrected chi connectivity index (χ4v) is 19.0. The quantitative estimate of drug-likeness (QED) is 0.0813. The number of benzene rings is 4. The highest BCUT2D eigenvalue weighted by Crippen LogP contribution is 2.44. The largest absolute Gasteiger partial charge is 0.472 e. The van der Waals surface area contributed by atoms with Gasteiger partial charge in [0.1, 0.15) is 47.6 Å². The second-order valence-electron chi connectivity index (χ2n) is 31.4. The van der Waals surface area contributed by atoms with Crippen LogP contribution in [0, 0.1) is 46.9 Å².